The number of ether oxygens (including phenoxy) is 3. The van der Waals surface area contributed by atoms with Crippen LogP contribution in [0.4, 0.5) is 0 Å². The molecule has 0 saturated carbocycles. The van der Waals surface area contributed by atoms with E-state index >= 15 is 0 Å². The minimum atomic E-state index is -1.89. The molecule has 2 saturated heterocycles. The molecule has 1 unspecified atom stereocenters. The molecule has 15 atom stereocenters. The zero-order chi connectivity index (χ0) is 52.5. The van der Waals surface area contributed by atoms with Gasteiger partial charge in [0.05, 0.1) is 42.2 Å². The van der Waals surface area contributed by atoms with Crippen molar-refractivity contribution in [2.45, 2.75) is 211 Å². The van der Waals surface area contributed by atoms with E-state index in [2.05, 4.69) is 78.9 Å². The van der Waals surface area contributed by atoms with Crippen molar-refractivity contribution in [1.82, 2.24) is 9.80 Å². The Balaban J connectivity index is 1.06. The van der Waals surface area contributed by atoms with Gasteiger partial charge in [-0.2, -0.15) is 0 Å². The largest absolute Gasteiger partial charge is 0.392 e. The molecule has 0 radical (unpaired) electrons. The van der Waals surface area contributed by atoms with Gasteiger partial charge >= 0.3 is 0 Å². The molecule has 1 amide bonds. The summed E-state index contributed by atoms with van der Waals surface area (Å²) in [7, 11) is 2.01. The van der Waals surface area contributed by atoms with Crippen LogP contribution in [0.3, 0.4) is 0 Å². The fraction of sp³-hybridized carbons (Fsp3) is 0.678. The Hall–Kier alpha value is -2.84. The number of carbonyl (C=O) groups is 1. The van der Waals surface area contributed by atoms with Gasteiger partial charge in [-0.3, -0.25) is 4.79 Å². The van der Waals surface area contributed by atoms with Crippen molar-refractivity contribution in [1.29, 1.82) is 0 Å². The maximum Gasteiger partial charge on any atom is 0.222 e. The van der Waals surface area contributed by atoms with Crippen LogP contribution in [0.5, 0.6) is 0 Å². The molecule has 6 N–H and O–H groups in total. The SMILES string of the molecule is CC[C@H]1OC(O)[C@H](C)[C@@H](O)[C@H](C)[C@@H](O[C@@H]2O[C@H](C)C[C@H](N(C)C)[C@H]2O)[C@](C)(O)C[C@@H](C)CN(C(=O)CCCCCCCCCCC[P+]2(c3ccccc3)c3ccccc3-c3ccccc32)[C@H](C)[C@@H](O)[C@]1(C)O. The zero-order valence-corrected chi connectivity index (χ0v) is 46.2. The molecule has 12 nitrogen and oxygen atoms in total. The number of aliphatic hydroxyl groups excluding tert-OH is 4. The molecule has 3 aromatic carbocycles. The lowest BCUT2D eigenvalue weighted by Crippen LogP contribution is -2.60. The lowest BCUT2D eigenvalue weighted by Gasteiger charge is -2.47. The molecule has 2 fully saturated rings. The summed E-state index contributed by atoms with van der Waals surface area (Å²) in [4.78, 5) is 17.9. The van der Waals surface area contributed by atoms with Crippen LogP contribution in [-0.2, 0) is 19.0 Å². The molecule has 6 rings (SSSR count). The summed E-state index contributed by atoms with van der Waals surface area (Å²) in [5.74, 6) is -2.23. The summed E-state index contributed by atoms with van der Waals surface area (Å²) in [6.45, 7) is 14.0. The molecule has 0 bridgehead atoms. The number of unbranched alkanes of at least 4 members (excludes halogenated alkanes) is 8. The average molecular weight is 1020 g/mol. The highest BCUT2D eigenvalue weighted by Crippen LogP contribution is 2.62. The smallest absolute Gasteiger partial charge is 0.222 e. The third-order valence-corrected chi connectivity index (χ3v) is 21.2. The number of nitrogens with zero attached hydrogens (tertiary/aromatic N) is 2. The predicted molar refractivity (Wildman–Crippen MR) is 290 cm³/mol. The van der Waals surface area contributed by atoms with Crippen LogP contribution in [-0.4, -0.2) is 146 Å². The molecule has 402 valence electrons. The Morgan fingerprint density at radius 1 is 0.736 bits per heavy atom. The molecule has 0 aliphatic carbocycles. The minimum Gasteiger partial charge on any atom is -0.392 e. The van der Waals surface area contributed by atoms with Crippen LogP contribution < -0.4 is 15.9 Å². The Bertz CT molecular complexity index is 2100. The van der Waals surface area contributed by atoms with E-state index < -0.39 is 79.4 Å². The van der Waals surface area contributed by atoms with Crippen molar-refractivity contribution < 1.29 is 49.6 Å². The highest BCUT2D eigenvalue weighted by Gasteiger charge is 2.53. The molecule has 13 heteroatoms. The quantitative estimate of drug-likeness (QED) is 0.0583. The first-order valence-corrected chi connectivity index (χ1v) is 29.4. The first-order chi connectivity index (χ1) is 34.2. The number of benzene rings is 3. The van der Waals surface area contributed by atoms with Crippen LogP contribution in [0, 0.1) is 17.8 Å². The minimum absolute atomic E-state index is 0.121. The summed E-state index contributed by atoms with van der Waals surface area (Å²) >= 11 is 0. The normalized spacial score (nSPS) is 34.5. The van der Waals surface area contributed by atoms with E-state index in [1.807, 2.05) is 32.8 Å². The molecule has 3 aliphatic rings. The number of likely N-dealkylation sites (N-methyl/N-ethyl adjacent to an activating group) is 1. The van der Waals surface area contributed by atoms with E-state index in [4.69, 9.17) is 14.2 Å². The zero-order valence-electron chi connectivity index (χ0n) is 45.3. The highest BCUT2D eigenvalue weighted by molar-refractivity contribution is 7.96. The lowest BCUT2D eigenvalue weighted by molar-refractivity contribution is -0.301. The van der Waals surface area contributed by atoms with Crippen LogP contribution in [0.25, 0.3) is 11.1 Å². The topological polar surface area (TPSA) is 173 Å². The summed E-state index contributed by atoms with van der Waals surface area (Å²) in [6, 6.07) is 28.1. The number of hydrogen-bond acceptors (Lipinski definition) is 11. The molecular weight excluding hydrogens is 928 g/mol. The van der Waals surface area contributed by atoms with E-state index in [1.54, 1.807) is 39.5 Å². The predicted octanol–water partition coefficient (Wildman–Crippen LogP) is 7.54. The van der Waals surface area contributed by atoms with Crippen LogP contribution in [0.1, 0.15) is 139 Å². The highest BCUT2D eigenvalue weighted by atomic mass is 31.2. The number of rotatable bonds is 17. The van der Waals surface area contributed by atoms with Crippen LogP contribution in [0.15, 0.2) is 78.9 Å². The summed E-state index contributed by atoms with van der Waals surface area (Å²) in [5.41, 5.74) is -0.733. The van der Waals surface area contributed by atoms with Gasteiger partial charge in [0.25, 0.3) is 0 Å². The third-order valence-electron chi connectivity index (χ3n) is 16.6. The van der Waals surface area contributed by atoms with Gasteiger partial charge < -0.3 is 54.6 Å². The monoisotopic (exact) mass is 1020 g/mol. The van der Waals surface area contributed by atoms with Gasteiger partial charge in [0.15, 0.2) is 12.6 Å². The first kappa shape index (κ1) is 58.4. The molecule has 0 aromatic heterocycles. The van der Waals surface area contributed by atoms with Gasteiger partial charge in [-0.05, 0) is 110 Å². The van der Waals surface area contributed by atoms with Crippen LogP contribution >= 0.6 is 7.26 Å². The van der Waals surface area contributed by atoms with Crippen molar-refractivity contribution in [3.63, 3.8) is 0 Å². The number of hydrogen-bond donors (Lipinski definition) is 6. The summed E-state index contributed by atoms with van der Waals surface area (Å²) in [6.07, 6.45) is 3.06. The van der Waals surface area contributed by atoms with Crippen molar-refractivity contribution in [2.75, 3.05) is 26.8 Å². The molecule has 3 aromatic rings. The van der Waals surface area contributed by atoms with Gasteiger partial charge in [0.2, 0.25) is 5.91 Å². The lowest BCUT2D eigenvalue weighted by atomic mass is 9.77. The number of carbonyl (C=O) groups excluding carboxylic acids is 1. The number of aliphatic hydroxyl groups is 6. The van der Waals surface area contributed by atoms with Gasteiger partial charge in [0, 0.05) is 42.0 Å². The fourth-order valence-electron chi connectivity index (χ4n) is 12.5. The maximum absolute atomic E-state index is 14.4. The van der Waals surface area contributed by atoms with Crippen molar-refractivity contribution in [2.24, 2.45) is 17.8 Å². The van der Waals surface area contributed by atoms with Gasteiger partial charge in [-0.1, -0.05) is 121 Å². The molecule has 0 spiro atoms. The van der Waals surface area contributed by atoms with E-state index in [9.17, 15) is 35.4 Å². The van der Waals surface area contributed by atoms with E-state index in [-0.39, 0.29) is 49.8 Å². The average Bonchev–Trinajstić information content (AvgIpc) is 3.64. The van der Waals surface area contributed by atoms with Crippen molar-refractivity contribution in [3.05, 3.63) is 78.9 Å². The maximum atomic E-state index is 14.4. The van der Waals surface area contributed by atoms with Gasteiger partial charge in [-0.15, -0.1) is 0 Å². The van der Waals surface area contributed by atoms with Crippen molar-refractivity contribution in [3.8, 4) is 11.1 Å². The summed E-state index contributed by atoms with van der Waals surface area (Å²) < 4.78 is 18.8. The second-order valence-electron chi connectivity index (χ2n) is 22.7. The molecule has 72 heavy (non-hydrogen) atoms. The first-order valence-electron chi connectivity index (χ1n) is 27.4. The van der Waals surface area contributed by atoms with E-state index in [0.29, 0.717) is 12.8 Å². The Kier molecular flexibility index (Phi) is 20.9. The Morgan fingerprint density at radius 3 is 1.85 bits per heavy atom. The second-order valence-corrected chi connectivity index (χ2v) is 26.3. The Morgan fingerprint density at radius 2 is 1.28 bits per heavy atom. The van der Waals surface area contributed by atoms with E-state index in [0.717, 1.165) is 25.7 Å². The van der Waals surface area contributed by atoms with Gasteiger partial charge in [-0.25, -0.2) is 0 Å². The van der Waals surface area contributed by atoms with Gasteiger partial charge in [0.1, 0.15) is 41.0 Å². The number of fused-ring (bicyclic) bond motifs is 3. The molecule has 3 aliphatic heterocycles. The Labute approximate surface area is 432 Å². The fourth-order valence-corrected chi connectivity index (χ4v) is 17.3. The molecular formula is C59H92N2O10P+. The third kappa shape index (κ3) is 13.2. The number of amides is 1. The molecule has 3 heterocycles. The van der Waals surface area contributed by atoms with Crippen LogP contribution in [0.2, 0.25) is 0 Å². The standard InChI is InChI=1S/C59H92N2O10P/c1-11-50-59(8,68)54(65)43(6)61(38-39(2)37-58(7,67)55(41(4)52(63)42(5)56(66)70-50)71-57-53(64)47(60(9)10)36-40(3)69-57)51(62)34-22-17-15-13-12-14-16-18-27-35-72(44-28-20-19-21-29-44)48-32-25-23-30-45(48)46-31-24-26-33-49(46)72/h19-21,23-26,28-33,39-43,47,50,52-57,63-68H,11-18,22,27,34-38H2,1-10H3/q+1/t39-,40-,41+,42-,43-,47+,50-,52+,53-,54-,55-,56?,57+,58-,59-/m1/s1. The van der Waals surface area contributed by atoms with E-state index in [1.165, 1.54) is 65.8 Å². The second kappa shape index (κ2) is 25.8. The van der Waals surface area contributed by atoms with Crippen molar-refractivity contribution >= 4 is 29.1 Å². The summed E-state index contributed by atoms with van der Waals surface area (Å²) in [5, 5.41) is 75.7.